The highest BCUT2D eigenvalue weighted by Crippen LogP contribution is 2.16. The minimum atomic E-state index is -0.516. The van der Waals surface area contributed by atoms with E-state index in [2.05, 4.69) is 5.32 Å². The summed E-state index contributed by atoms with van der Waals surface area (Å²) in [5, 5.41) is 2.55. The van der Waals surface area contributed by atoms with Gasteiger partial charge in [0.05, 0.1) is 17.9 Å². The molecule has 0 unspecified atom stereocenters. The van der Waals surface area contributed by atoms with E-state index in [4.69, 9.17) is 9.47 Å². The fraction of sp³-hybridized carbons (Fsp3) is 0.471. The molecule has 0 atom stereocenters. The monoisotopic (exact) mass is 321 g/mol. The Labute approximate surface area is 136 Å². The normalized spacial score (nSPS) is 10.3. The first kappa shape index (κ1) is 18.7. The molecule has 23 heavy (non-hydrogen) atoms. The van der Waals surface area contributed by atoms with E-state index < -0.39 is 17.8 Å². The molecule has 0 heterocycles. The molecule has 1 amide bonds. The summed E-state index contributed by atoms with van der Waals surface area (Å²) in [4.78, 5) is 35.1. The van der Waals surface area contributed by atoms with E-state index >= 15 is 0 Å². The van der Waals surface area contributed by atoms with Crippen molar-refractivity contribution in [1.29, 1.82) is 0 Å². The predicted octanol–water partition coefficient (Wildman–Crippen LogP) is 2.78. The van der Waals surface area contributed by atoms with E-state index in [-0.39, 0.29) is 25.2 Å². The fourth-order valence-electron chi connectivity index (χ4n) is 1.79. The zero-order valence-corrected chi connectivity index (χ0v) is 13.8. The molecule has 1 aromatic carbocycles. The number of hydrogen-bond acceptors (Lipinski definition) is 5. The van der Waals surface area contributed by atoms with E-state index in [0.29, 0.717) is 18.0 Å². The molecule has 0 radical (unpaired) electrons. The summed E-state index contributed by atoms with van der Waals surface area (Å²) in [5.74, 6) is -1.03. The Morgan fingerprint density at radius 3 is 2.48 bits per heavy atom. The van der Waals surface area contributed by atoms with Crippen LogP contribution in [-0.2, 0) is 19.1 Å². The smallest absolute Gasteiger partial charge is 0.340 e. The minimum absolute atomic E-state index is 0.245. The van der Waals surface area contributed by atoms with Crippen LogP contribution in [0.4, 0.5) is 5.69 Å². The van der Waals surface area contributed by atoms with Gasteiger partial charge in [0.1, 0.15) is 0 Å². The van der Waals surface area contributed by atoms with Crippen LogP contribution < -0.4 is 5.32 Å². The molecular formula is C17H23NO5. The largest absolute Gasteiger partial charge is 0.462 e. The highest BCUT2D eigenvalue weighted by atomic mass is 16.5. The van der Waals surface area contributed by atoms with E-state index in [1.807, 2.05) is 13.8 Å². The standard InChI is InChI=1S/C17H23NO5/c1-4-22-17(21)13-7-5-6-8-14(13)18-15(19)11-23-16(20)10-9-12(2)3/h5-8,12H,4,9-11H2,1-3H3,(H,18,19). The van der Waals surface area contributed by atoms with Crippen LogP contribution in [0.1, 0.15) is 44.0 Å². The predicted molar refractivity (Wildman–Crippen MR) is 86.1 cm³/mol. The average Bonchev–Trinajstić information content (AvgIpc) is 2.51. The molecule has 0 fully saturated rings. The maximum atomic E-state index is 11.8. The third-order valence-corrected chi connectivity index (χ3v) is 2.99. The maximum absolute atomic E-state index is 11.8. The number of carbonyl (C=O) groups is 3. The number of rotatable bonds is 8. The SMILES string of the molecule is CCOC(=O)c1ccccc1NC(=O)COC(=O)CCC(C)C. The summed E-state index contributed by atoms with van der Waals surface area (Å²) in [5.41, 5.74) is 0.586. The lowest BCUT2D eigenvalue weighted by Crippen LogP contribution is -2.22. The Balaban J connectivity index is 2.54. The molecule has 1 N–H and O–H groups in total. The highest BCUT2D eigenvalue weighted by molar-refractivity contribution is 6.01. The van der Waals surface area contributed by atoms with E-state index in [1.54, 1.807) is 31.2 Å². The summed E-state index contributed by atoms with van der Waals surface area (Å²) in [7, 11) is 0. The Hall–Kier alpha value is -2.37. The van der Waals surface area contributed by atoms with Gasteiger partial charge in [-0.15, -0.1) is 0 Å². The Kier molecular flexibility index (Phi) is 7.80. The van der Waals surface area contributed by atoms with Crippen LogP contribution >= 0.6 is 0 Å². The second-order valence-corrected chi connectivity index (χ2v) is 5.41. The van der Waals surface area contributed by atoms with Crippen molar-refractivity contribution in [2.75, 3.05) is 18.5 Å². The molecule has 0 aliphatic carbocycles. The molecule has 6 nitrogen and oxygen atoms in total. The number of nitrogens with one attached hydrogen (secondary N) is 1. The number of para-hydroxylation sites is 1. The van der Waals surface area contributed by atoms with Crippen LogP contribution in [-0.4, -0.2) is 31.1 Å². The van der Waals surface area contributed by atoms with Crippen molar-refractivity contribution in [3.05, 3.63) is 29.8 Å². The molecule has 0 spiro atoms. The number of amides is 1. The van der Waals surface area contributed by atoms with Crippen LogP contribution in [0, 0.1) is 5.92 Å². The Morgan fingerprint density at radius 1 is 1.13 bits per heavy atom. The van der Waals surface area contributed by atoms with Crippen molar-refractivity contribution in [2.24, 2.45) is 5.92 Å². The van der Waals surface area contributed by atoms with Crippen LogP contribution in [0.2, 0.25) is 0 Å². The molecule has 6 heteroatoms. The summed E-state index contributed by atoms with van der Waals surface area (Å²) in [6, 6.07) is 6.51. The zero-order chi connectivity index (χ0) is 17.2. The number of hydrogen-bond donors (Lipinski definition) is 1. The lowest BCUT2D eigenvalue weighted by atomic mass is 10.1. The van der Waals surface area contributed by atoms with Gasteiger partial charge in [-0.25, -0.2) is 4.79 Å². The lowest BCUT2D eigenvalue weighted by Gasteiger charge is -2.10. The maximum Gasteiger partial charge on any atom is 0.340 e. The van der Waals surface area contributed by atoms with Gasteiger partial charge in [-0.2, -0.15) is 0 Å². The summed E-state index contributed by atoms with van der Waals surface area (Å²) < 4.78 is 9.83. The van der Waals surface area contributed by atoms with Crippen molar-refractivity contribution >= 4 is 23.5 Å². The van der Waals surface area contributed by atoms with Crippen molar-refractivity contribution in [3.8, 4) is 0 Å². The van der Waals surface area contributed by atoms with E-state index in [1.165, 1.54) is 0 Å². The highest BCUT2D eigenvalue weighted by Gasteiger charge is 2.15. The van der Waals surface area contributed by atoms with Gasteiger partial charge < -0.3 is 14.8 Å². The second-order valence-electron chi connectivity index (χ2n) is 5.41. The molecule has 0 aliphatic heterocycles. The number of esters is 2. The van der Waals surface area contributed by atoms with Crippen LogP contribution in [0.5, 0.6) is 0 Å². The van der Waals surface area contributed by atoms with Gasteiger partial charge in [-0.05, 0) is 31.4 Å². The van der Waals surface area contributed by atoms with Crippen LogP contribution in [0.25, 0.3) is 0 Å². The van der Waals surface area contributed by atoms with Crippen LogP contribution in [0.3, 0.4) is 0 Å². The third kappa shape index (κ3) is 6.95. The van der Waals surface area contributed by atoms with Gasteiger partial charge in [0, 0.05) is 6.42 Å². The van der Waals surface area contributed by atoms with E-state index in [0.717, 1.165) is 0 Å². The van der Waals surface area contributed by atoms with Gasteiger partial charge in [-0.1, -0.05) is 26.0 Å². The van der Waals surface area contributed by atoms with Gasteiger partial charge in [0.15, 0.2) is 6.61 Å². The van der Waals surface area contributed by atoms with E-state index in [9.17, 15) is 14.4 Å². The van der Waals surface area contributed by atoms with Gasteiger partial charge in [-0.3, -0.25) is 9.59 Å². The fourth-order valence-corrected chi connectivity index (χ4v) is 1.79. The molecular weight excluding hydrogens is 298 g/mol. The Bertz CT molecular complexity index is 554. The van der Waals surface area contributed by atoms with Crippen molar-refractivity contribution in [1.82, 2.24) is 0 Å². The van der Waals surface area contributed by atoms with Gasteiger partial charge >= 0.3 is 11.9 Å². The molecule has 0 aromatic heterocycles. The number of ether oxygens (including phenoxy) is 2. The number of benzene rings is 1. The molecule has 126 valence electrons. The van der Waals surface area contributed by atoms with Gasteiger partial charge in [0.25, 0.3) is 5.91 Å². The molecule has 0 saturated heterocycles. The van der Waals surface area contributed by atoms with Gasteiger partial charge in [0.2, 0.25) is 0 Å². The zero-order valence-electron chi connectivity index (χ0n) is 13.8. The summed E-state index contributed by atoms with van der Waals surface area (Å²) in [6.07, 6.45) is 0.997. The lowest BCUT2D eigenvalue weighted by molar-refractivity contribution is -0.147. The first-order valence-electron chi connectivity index (χ1n) is 7.65. The first-order valence-corrected chi connectivity index (χ1v) is 7.65. The molecule has 0 aliphatic rings. The van der Waals surface area contributed by atoms with Crippen molar-refractivity contribution < 1.29 is 23.9 Å². The quantitative estimate of drug-likeness (QED) is 0.745. The molecule has 0 saturated carbocycles. The number of carbonyl (C=O) groups excluding carboxylic acids is 3. The Morgan fingerprint density at radius 2 is 1.83 bits per heavy atom. The minimum Gasteiger partial charge on any atom is -0.462 e. The topological polar surface area (TPSA) is 81.7 Å². The van der Waals surface area contributed by atoms with Crippen molar-refractivity contribution in [3.63, 3.8) is 0 Å². The molecule has 1 aromatic rings. The van der Waals surface area contributed by atoms with Crippen molar-refractivity contribution in [2.45, 2.75) is 33.6 Å². The third-order valence-electron chi connectivity index (χ3n) is 2.99. The average molecular weight is 321 g/mol. The number of anilines is 1. The first-order chi connectivity index (χ1) is 10.9. The second kappa shape index (κ2) is 9.61. The summed E-state index contributed by atoms with van der Waals surface area (Å²) >= 11 is 0. The molecule has 1 rings (SSSR count). The van der Waals surface area contributed by atoms with Crippen LogP contribution in [0.15, 0.2) is 24.3 Å². The summed E-state index contributed by atoms with van der Waals surface area (Å²) in [6.45, 7) is 5.58. The molecule has 0 bridgehead atoms.